The molecule has 10 nitrogen and oxygen atoms in total. The van der Waals surface area contributed by atoms with Crippen molar-refractivity contribution in [3.05, 3.63) is 87.2 Å². The van der Waals surface area contributed by atoms with Crippen LogP contribution in [-0.4, -0.2) is 33.0 Å². The second-order valence-electron chi connectivity index (χ2n) is 8.01. The molecule has 0 bridgehead atoms. The van der Waals surface area contributed by atoms with Crippen LogP contribution in [0.2, 0.25) is 0 Å². The van der Waals surface area contributed by atoms with E-state index in [1.54, 1.807) is 31.2 Å². The van der Waals surface area contributed by atoms with Gasteiger partial charge in [0.2, 0.25) is 0 Å². The van der Waals surface area contributed by atoms with Crippen LogP contribution in [0.4, 0.5) is 11.5 Å². The number of ketones is 1. The first-order chi connectivity index (χ1) is 16.2. The second kappa shape index (κ2) is 8.81. The van der Waals surface area contributed by atoms with Crippen molar-refractivity contribution >= 4 is 29.0 Å². The largest absolute Gasteiger partial charge is 0.507 e. The molecule has 4 rings (SSSR count). The van der Waals surface area contributed by atoms with Crippen LogP contribution in [0.3, 0.4) is 0 Å². The Morgan fingerprint density at radius 1 is 1.18 bits per heavy atom. The predicted octanol–water partition coefficient (Wildman–Crippen LogP) is 4.30. The monoisotopic (exact) mass is 463 g/mol. The number of aromatic nitrogens is 1. The number of aryl methyl sites for hydroxylation is 1. The molecule has 1 amide bonds. The molecule has 3 aromatic rings. The third-order valence-corrected chi connectivity index (χ3v) is 5.20. The van der Waals surface area contributed by atoms with Gasteiger partial charge in [-0.3, -0.25) is 24.6 Å². The van der Waals surface area contributed by atoms with Crippen molar-refractivity contribution in [1.29, 1.82) is 0 Å². The number of nitro groups is 1. The van der Waals surface area contributed by atoms with Gasteiger partial charge in [0.1, 0.15) is 17.3 Å². The van der Waals surface area contributed by atoms with Gasteiger partial charge in [0.05, 0.1) is 22.6 Å². The van der Waals surface area contributed by atoms with Crippen LogP contribution >= 0.6 is 0 Å². The Kier molecular flexibility index (Phi) is 5.89. The Labute approximate surface area is 194 Å². The van der Waals surface area contributed by atoms with Gasteiger partial charge in [0.15, 0.2) is 5.82 Å². The Bertz CT molecular complexity index is 1310. The first kappa shape index (κ1) is 22.7. The number of nitro benzene ring substituents is 1. The molecule has 34 heavy (non-hydrogen) atoms. The molecule has 1 unspecified atom stereocenters. The van der Waals surface area contributed by atoms with E-state index >= 15 is 0 Å². The molecule has 0 spiro atoms. The van der Waals surface area contributed by atoms with E-state index < -0.39 is 28.4 Å². The molecule has 0 aliphatic carbocycles. The number of benzene rings is 2. The third kappa shape index (κ3) is 4.13. The van der Waals surface area contributed by atoms with Gasteiger partial charge in [-0.15, -0.1) is 0 Å². The molecular weight excluding hydrogens is 442 g/mol. The van der Waals surface area contributed by atoms with Crippen LogP contribution in [0.1, 0.15) is 36.8 Å². The molecule has 1 atom stereocenters. The standard InChI is InChI=1S/C24H21N3O7/c1-13(2)33-18-9-7-15(8-10-18)22(28)20-21(16-5-4-6-17(12-16)27(31)32)26(24(30)23(20)29)19-11-14(3)34-25-19/h4-13,21,28H,1-3H3/b22-20+. The van der Waals surface area contributed by atoms with Crippen molar-refractivity contribution in [2.24, 2.45) is 0 Å². The van der Waals surface area contributed by atoms with E-state index in [-0.39, 0.29) is 34.3 Å². The minimum Gasteiger partial charge on any atom is -0.507 e. The number of hydrogen-bond donors (Lipinski definition) is 1. The number of aliphatic hydroxyl groups is 1. The van der Waals surface area contributed by atoms with Crippen molar-refractivity contribution < 1.29 is 28.9 Å². The van der Waals surface area contributed by atoms with Crippen molar-refractivity contribution in [2.45, 2.75) is 32.9 Å². The van der Waals surface area contributed by atoms with E-state index in [4.69, 9.17) is 9.26 Å². The number of anilines is 1. The fraction of sp³-hybridized carbons (Fsp3) is 0.208. The minimum atomic E-state index is -1.16. The maximum absolute atomic E-state index is 13.1. The summed E-state index contributed by atoms with van der Waals surface area (Å²) in [4.78, 5) is 38.0. The highest BCUT2D eigenvalue weighted by Gasteiger charge is 2.48. The van der Waals surface area contributed by atoms with E-state index in [0.29, 0.717) is 11.5 Å². The maximum Gasteiger partial charge on any atom is 0.301 e. The molecule has 1 aliphatic rings. The number of hydrogen-bond acceptors (Lipinski definition) is 8. The number of carbonyl (C=O) groups is 2. The molecule has 0 saturated carbocycles. The zero-order valence-electron chi connectivity index (χ0n) is 18.6. The summed E-state index contributed by atoms with van der Waals surface area (Å²) in [6, 6.07) is 12.2. The number of amides is 1. The summed E-state index contributed by atoms with van der Waals surface area (Å²) in [6.07, 6.45) is -0.0513. The molecule has 2 heterocycles. The van der Waals surface area contributed by atoms with E-state index in [1.165, 1.54) is 30.3 Å². The molecule has 1 fully saturated rings. The second-order valence-corrected chi connectivity index (χ2v) is 8.01. The number of ether oxygens (including phenoxy) is 1. The minimum absolute atomic E-state index is 0.0513. The van der Waals surface area contributed by atoms with Crippen LogP contribution < -0.4 is 9.64 Å². The molecule has 0 radical (unpaired) electrons. The highest BCUT2D eigenvalue weighted by atomic mass is 16.6. The van der Waals surface area contributed by atoms with E-state index in [1.807, 2.05) is 13.8 Å². The fourth-order valence-corrected chi connectivity index (χ4v) is 3.78. The highest BCUT2D eigenvalue weighted by Crippen LogP contribution is 2.42. The van der Waals surface area contributed by atoms with Crippen molar-refractivity contribution in [3.63, 3.8) is 0 Å². The lowest BCUT2D eigenvalue weighted by molar-refractivity contribution is -0.384. The average molecular weight is 463 g/mol. The Hall–Kier alpha value is -4.47. The molecule has 10 heteroatoms. The predicted molar refractivity (Wildman–Crippen MR) is 121 cm³/mol. The molecule has 1 saturated heterocycles. The zero-order chi connectivity index (χ0) is 24.6. The van der Waals surface area contributed by atoms with Gasteiger partial charge in [-0.2, -0.15) is 0 Å². The van der Waals surface area contributed by atoms with Crippen LogP contribution in [-0.2, 0) is 9.59 Å². The summed E-state index contributed by atoms with van der Waals surface area (Å²) >= 11 is 0. The highest BCUT2D eigenvalue weighted by molar-refractivity contribution is 6.51. The number of Topliss-reactive ketones (excluding diaryl/α,β-unsaturated/α-hetero) is 1. The summed E-state index contributed by atoms with van der Waals surface area (Å²) in [5.74, 6) is -1.29. The summed E-state index contributed by atoms with van der Waals surface area (Å²) < 4.78 is 10.7. The Balaban J connectivity index is 1.88. The topological polar surface area (TPSA) is 136 Å². The van der Waals surface area contributed by atoms with E-state index in [2.05, 4.69) is 5.16 Å². The SMILES string of the molecule is Cc1cc(N2C(=O)C(=O)/C(=C(/O)c3ccc(OC(C)C)cc3)C2c2cccc([N+](=O)[O-])c2)no1. The van der Waals surface area contributed by atoms with Crippen molar-refractivity contribution in [3.8, 4) is 5.75 Å². The molecular formula is C24H21N3O7. The van der Waals surface area contributed by atoms with Crippen LogP contribution in [0, 0.1) is 17.0 Å². The number of nitrogens with zero attached hydrogens (tertiary/aromatic N) is 3. The summed E-state index contributed by atoms with van der Waals surface area (Å²) in [5.41, 5.74) is 0.0921. The Morgan fingerprint density at radius 2 is 1.88 bits per heavy atom. The first-order valence-corrected chi connectivity index (χ1v) is 10.4. The summed E-state index contributed by atoms with van der Waals surface area (Å²) in [5, 5.41) is 26.3. The van der Waals surface area contributed by atoms with Gasteiger partial charge < -0.3 is 14.4 Å². The lowest BCUT2D eigenvalue weighted by atomic mass is 9.95. The summed E-state index contributed by atoms with van der Waals surface area (Å²) in [7, 11) is 0. The molecule has 2 aromatic carbocycles. The number of aliphatic hydroxyl groups excluding tert-OH is 1. The van der Waals surface area contributed by atoms with Crippen molar-refractivity contribution in [1.82, 2.24) is 5.16 Å². The normalized spacial score (nSPS) is 17.4. The Morgan fingerprint density at radius 3 is 2.47 bits per heavy atom. The van der Waals surface area contributed by atoms with Gasteiger partial charge in [-0.25, -0.2) is 0 Å². The maximum atomic E-state index is 13.1. The van der Waals surface area contributed by atoms with Gasteiger partial charge in [0.25, 0.3) is 11.5 Å². The lowest BCUT2D eigenvalue weighted by Gasteiger charge is -2.22. The summed E-state index contributed by atoms with van der Waals surface area (Å²) in [6.45, 7) is 5.37. The van der Waals surface area contributed by atoms with Gasteiger partial charge in [0, 0.05) is 23.8 Å². The van der Waals surface area contributed by atoms with Crippen LogP contribution in [0.5, 0.6) is 5.75 Å². The van der Waals surface area contributed by atoms with Crippen molar-refractivity contribution in [2.75, 3.05) is 4.90 Å². The first-order valence-electron chi connectivity index (χ1n) is 10.4. The van der Waals surface area contributed by atoms with Gasteiger partial charge in [-0.05, 0) is 50.6 Å². The van der Waals surface area contributed by atoms with Gasteiger partial charge >= 0.3 is 5.91 Å². The molecule has 174 valence electrons. The molecule has 1 N–H and O–H groups in total. The van der Waals surface area contributed by atoms with Crippen LogP contribution in [0.15, 0.2) is 64.7 Å². The lowest BCUT2D eigenvalue weighted by Crippen LogP contribution is -2.29. The van der Waals surface area contributed by atoms with Gasteiger partial charge in [-0.1, -0.05) is 17.3 Å². The third-order valence-electron chi connectivity index (χ3n) is 5.20. The van der Waals surface area contributed by atoms with E-state index in [0.717, 1.165) is 4.90 Å². The average Bonchev–Trinajstić information content (AvgIpc) is 3.34. The zero-order valence-corrected chi connectivity index (χ0v) is 18.6. The fourth-order valence-electron chi connectivity index (χ4n) is 3.78. The smallest absolute Gasteiger partial charge is 0.301 e. The van der Waals surface area contributed by atoms with Crippen LogP contribution in [0.25, 0.3) is 5.76 Å². The quantitative estimate of drug-likeness (QED) is 0.188. The molecule has 1 aromatic heterocycles. The number of rotatable bonds is 6. The van der Waals surface area contributed by atoms with E-state index in [9.17, 15) is 24.8 Å². The number of carbonyl (C=O) groups excluding carboxylic acids is 2. The molecule has 1 aliphatic heterocycles. The number of non-ortho nitro benzene ring substituents is 1.